The van der Waals surface area contributed by atoms with E-state index in [0.29, 0.717) is 42.4 Å². The fourth-order valence-electron chi connectivity index (χ4n) is 14.9. The molecule has 1 N–H and O–H groups in total. The van der Waals surface area contributed by atoms with Gasteiger partial charge in [-0.25, -0.2) is 4.79 Å². The summed E-state index contributed by atoms with van der Waals surface area (Å²) >= 11 is 0. The van der Waals surface area contributed by atoms with Gasteiger partial charge in [0.05, 0.1) is 0 Å². The van der Waals surface area contributed by atoms with Gasteiger partial charge in [-0.3, -0.25) is 0 Å². The van der Waals surface area contributed by atoms with Crippen molar-refractivity contribution in [2.75, 3.05) is 12.8 Å². The number of hydrogen-bond donors (Lipinski definition) is 1. The molecule has 0 heterocycles. The first-order valence-electron chi connectivity index (χ1n) is 21.3. The number of carbonyl (C=O) groups is 1. The van der Waals surface area contributed by atoms with Crippen molar-refractivity contribution in [2.45, 2.75) is 112 Å². The first-order valence-corrected chi connectivity index (χ1v) is 23.2. The van der Waals surface area contributed by atoms with E-state index in [1.165, 1.54) is 60.0 Å². The Morgan fingerprint density at radius 2 is 1.28 bits per heavy atom. The van der Waals surface area contributed by atoms with Crippen molar-refractivity contribution in [2.24, 2.45) is 56.7 Å². The third-order valence-electron chi connectivity index (χ3n) is 17.7. The zero-order valence-corrected chi connectivity index (χ0v) is 34.9. The molecule has 0 aliphatic heterocycles. The molecule has 5 aliphatic rings. The summed E-state index contributed by atoms with van der Waals surface area (Å²) in [5.74, 6) is 2.85. The molecule has 0 spiro atoms. The van der Waals surface area contributed by atoms with E-state index in [9.17, 15) is 9.90 Å². The summed E-state index contributed by atoms with van der Waals surface area (Å²) in [5, 5.41) is 14.6. The van der Waals surface area contributed by atoms with Crippen molar-refractivity contribution in [1.29, 1.82) is 0 Å². The number of fused-ring (bicyclic) bond motifs is 7. The highest BCUT2D eigenvalue weighted by Crippen LogP contribution is 2.77. The van der Waals surface area contributed by atoms with Crippen LogP contribution in [0.5, 0.6) is 0 Å². The summed E-state index contributed by atoms with van der Waals surface area (Å²) in [6.07, 6.45) is 12.1. The molecular formula is C50H66O3P+. The number of benzene rings is 3. The molecular weight excluding hydrogens is 680 g/mol. The van der Waals surface area contributed by atoms with Gasteiger partial charge in [0.2, 0.25) is 0 Å². The zero-order chi connectivity index (χ0) is 38.1. The molecule has 3 aromatic carbocycles. The van der Waals surface area contributed by atoms with Crippen LogP contribution in [-0.2, 0) is 9.53 Å². The number of carbonyl (C=O) groups excluding carboxylic acids is 1. The van der Waals surface area contributed by atoms with Crippen LogP contribution in [0.4, 0.5) is 0 Å². The maximum absolute atomic E-state index is 14.7. The van der Waals surface area contributed by atoms with Crippen molar-refractivity contribution < 1.29 is 14.6 Å². The molecule has 0 bridgehead atoms. The molecule has 0 amide bonds. The third kappa shape index (κ3) is 5.51. The minimum atomic E-state index is -2.33. The van der Waals surface area contributed by atoms with Crippen LogP contribution in [0.15, 0.2) is 103 Å². The van der Waals surface area contributed by atoms with Crippen LogP contribution in [0.1, 0.15) is 106 Å². The summed E-state index contributed by atoms with van der Waals surface area (Å²) in [7, 11) is -2.33. The maximum atomic E-state index is 14.7. The van der Waals surface area contributed by atoms with Gasteiger partial charge in [-0.2, -0.15) is 0 Å². The Bertz CT molecular complexity index is 1740. The van der Waals surface area contributed by atoms with Crippen molar-refractivity contribution in [3.63, 3.8) is 0 Å². The molecule has 0 radical (unpaired) electrons. The number of aliphatic hydroxyl groups is 1. The van der Waals surface area contributed by atoms with Gasteiger partial charge in [-0.1, -0.05) is 101 Å². The second-order valence-corrected chi connectivity index (χ2v) is 23.5. The first-order chi connectivity index (χ1) is 25.8. The van der Waals surface area contributed by atoms with Crippen molar-refractivity contribution >= 4 is 29.1 Å². The molecule has 5 unspecified atom stereocenters. The van der Waals surface area contributed by atoms with Gasteiger partial charge >= 0.3 is 5.97 Å². The number of ether oxygens (including phenoxy) is 1. The number of allylic oxidation sites excluding steroid dienone is 1. The van der Waals surface area contributed by atoms with Crippen molar-refractivity contribution in [1.82, 2.24) is 0 Å². The molecule has 0 saturated heterocycles. The predicted molar refractivity (Wildman–Crippen MR) is 226 cm³/mol. The van der Waals surface area contributed by atoms with E-state index in [-0.39, 0.29) is 39.1 Å². The Labute approximate surface area is 327 Å². The minimum Gasteiger partial charge on any atom is -0.459 e. The Balaban J connectivity index is 1.07. The largest absolute Gasteiger partial charge is 0.459 e. The monoisotopic (exact) mass is 745 g/mol. The lowest BCUT2D eigenvalue weighted by Crippen LogP contribution is -2.67. The third-order valence-corrected chi connectivity index (χ3v) is 22.0. The highest BCUT2D eigenvalue weighted by Gasteiger charge is 2.71. The van der Waals surface area contributed by atoms with E-state index < -0.39 is 7.26 Å². The lowest BCUT2D eigenvalue weighted by Gasteiger charge is -2.73. The van der Waals surface area contributed by atoms with Crippen molar-refractivity contribution in [3.8, 4) is 0 Å². The summed E-state index contributed by atoms with van der Waals surface area (Å²) in [5.41, 5.74) is 2.03. The van der Waals surface area contributed by atoms with Gasteiger partial charge < -0.3 is 9.84 Å². The predicted octanol–water partition coefficient (Wildman–Crippen LogP) is 10.5. The summed E-state index contributed by atoms with van der Waals surface area (Å²) in [4.78, 5) is 14.7. The molecule has 54 heavy (non-hydrogen) atoms. The van der Waals surface area contributed by atoms with Gasteiger partial charge in [0.25, 0.3) is 0 Å². The van der Waals surface area contributed by atoms with Crippen LogP contribution in [0, 0.1) is 56.7 Å². The second kappa shape index (κ2) is 13.7. The Kier molecular flexibility index (Phi) is 9.70. The van der Waals surface area contributed by atoms with Gasteiger partial charge in [0.1, 0.15) is 29.3 Å². The van der Waals surface area contributed by atoms with Gasteiger partial charge in [0, 0.05) is 12.0 Å². The van der Waals surface area contributed by atoms with Crippen molar-refractivity contribution in [3.05, 3.63) is 103 Å². The highest BCUT2D eigenvalue weighted by molar-refractivity contribution is 7.96. The van der Waals surface area contributed by atoms with Gasteiger partial charge in [-0.05, 0) is 159 Å². The average molecular weight is 746 g/mol. The fourth-order valence-corrected chi connectivity index (χ4v) is 18.9. The molecule has 3 aromatic rings. The van der Waals surface area contributed by atoms with Gasteiger partial charge in [-0.15, -0.1) is 0 Å². The molecule has 8 rings (SSSR count). The minimum absolute atomic E-state index is 0.0616. The van der Waals surface area contributed by atoms with Crippen LogP contribution in [0.3, 0.4) is 0 Å². The number of aliphatic hydroxyl groups excluding tert-OH is 1. The molecule has 5 fully saturated rings. The lowest BCUT2D eigenvalue weighted by molar-refractivity contribution is -0.251. The Morgan fingerprint density at radius 1 is 0.704 bits per heavy atom. The van der Waals surface area contributed by atoms with Crippen LogP contribution in [0.25, 0.3) is 0 Å². The molecule has 4 heteroatoms. The summed E-state index contributed by atoms with van der Waals surface area (Å²) in [6, 6.07) is 32.2. The molecule has 288 valence electrons. The number of esters is 1. The smallest absolute Gasteiger partial charge is 0.345 e. The van der Waals surface area contributed by atoms with Crippen LogP contribution in [-0.4, -0.2) is 29.9 Å². The molecule has 3 nitrogen and oxygen atoms in total. The summed E-state index contributed by atoms with van der Waals surface area (Å²) in [6.45, 7) is 20.0. The quantitative estimate of drug-likeness (QED) is 0.142. The molecule has 0 aromatic heterocycles. The van der Waals surface area contributed by atoms with E-state index in [0.717, 1.165) is 25.7 Å². The molecule has 10 atom stereocenters. The average Bonchev–Trinajstić information content (AvgIpc) is 3.57. The van der Waals surface area contributed by atoms with Crippen LogP contribution >= 0.6 is 7.26 Å². The molecule has 5 aliphatic carbocycles. The van der Waals surface area contributed by atoms with E-state index in [4.69, 9.17) is 4.74 Å². The Hall–Kier alpha value is -2.74. The number of rotatable bonds is 8. The van der Waals surface area contributed by atoms with Gasteiger partial charge in [0.15, 0.2) is 6.16 Å². The summed E-state index contributed by atoms with van der Waals surface area (Å²) < 4.78 is 6.85. The first kappa shape index (κ1) is 38.1. The SMILES string of the molecule is C=C(C)C1CC[C@]2(CO)CC[C@]3(C)C(CCC4[C@@]5(C)CC[C@H](OC(=O)C[P+](c6ccccc6)(c6ccccc6)c6ccccc6)C(C)(C)C5CC[C@]43C)C12. The lowest BCUT2D eigenvalue weighted by atomic mass is 9.32. The fraction of sp³-hybridized carbons (Fsp3) is 0.580. The second-order valence-electron chi connectivity index (χ2n) is 20.0. The Morgan fingerprint density at radius 3 is 1.81 bits per heavy atom. The standard InChI is InChI=1S/C50H66O3P/c1-35(2)39-25-30-50(34-51)32-31-48(6)40(45(39)50)23-24-42-47(5)28-27-43(46(3,4)41(47)26-29-49(42,48)7)53-44(52)33-54(36-17-11-8-12-18-36,37-19-13-9-14-20-37)38-21-15-10-16-22-38/h8-22,39-43,45,51H,1,23-34H2,2-7H3/q+1/t39?,40?,41?,42?,43-,45?,47-,48+,49+,50+/m0/s1. The van der Waals surface area contributed by atoms with Crippen LogP contribution < -0.4 is 15.9 Å². The van der Waals surface area contributed by atoms with E-state index in [1.54, 1.807) is 0 Å². The normalized spacial score (nSPS) is 38.3. The zero-order valence-electron chi connectivity index (χ0n) is 34.0. The van der Waals surface area contributed by atoms with E-state index in [2.05, 4.69) is 139 Å². The molecule has 5 saturated carbocycles. The van der Waals surface area contributed by atoms with Crippen LogP contribution in [0.2, 0.25) is 0 Å². The maximum Gasteiger partial charge on any atom is 0.345 e. The number of hydrogen-bond acceptors (Lipinski definition) is 3. The van der Waals surface area contributed by atoms with E-state index in [1.807, 2.05) is 0 Å². The highest BCUT2D eigenvalue weighted by atomic mass is 31.2. The topological polar surface area (TPSA) is 46.5 Å². The van der Waals surface area contributed by atoms with E-state index >= 15 is 0 Å².